The van der Waals surface area contributed by atoms with Crippen LogP contribution >= 0.6 is 0 Å². The van der Waals surface area contributed by atoms with Gasteiger partial charge in [-0.3, -0.25) is 0 Å². The van der Waals surface area contributed by atoms with E-state index < -0.39 is 12.6 Å². The maximum absolute atomic E-state index is 12.1. The highest BCUT2D eigenvalue weighted by atomic mass is 19.4. The van der Waals surface area contributed by atoms with Gasteiger partial charge in [-0.25, -0.2) is 0 Å². The Bertz CT molecular complexity index is 502. The monoisotopic (exact) mass is 352 g/mol. The van der Waals surface area contributed by atoms with E-state index in [4.69, 9.17) is 0 Å². The Morgan fingerprint density at radius 2 is 1.56 bits per heavy atom. The van der Waals surface area contributed by atoms with Gasteiger partial charge in [-0.1, -0.05) is 74.1 Å². The Morgan fingerprint density at radius 3 is 2.28 bits per heavy atom. The van der Waals surface area contributed by atoms with Gasteiger partial charge in [0.25, 0.3) is 0 Å². The Labute approximate surface area is 150 Å². The molecule has 2 rings (SSSR count). The topological polar surface area (TPSA) is 0 Å². The Morgan fingerprint density at radius 1 is 0.880 bits per heavy atom. The molecule has 0 spiro atoms. The summed E-state index contributed by atoms with van der Waals surface area (Å²) in [4.78, 5) is 0. The Balaban J connectivity index is 1.63. The molecule has 1 aromatic rings. The molecule has 0 bridgehead atoms. The number of hydrogen-bond donors (Lipinski definition) is 0. The third-order valence-corrected chi connectivity index (χ3v) is 5.18. The quantitative estimate of drug-likeness (QED) is 0.312. The lowest BCUT2D eigenvalue weighted by atomic mass is 9.79. The van der Waals surface area contributed by atoms with E-state index in [2.05, 4.69) is 36.4 Å². The molecule has 0 amide bonds. The van der Waals surface area contributed by atoms with Crippen LogP contribution in [0.5, 0.6) is 0 Å². The molecule has 1 aliphatic carbocycles. The van der Waals surface area contributed by atoms with Crippen LogP contribution in [0.1, 0.15) is 88.5 Å². The summed E-state index contributed by atoms with van der Waals surface area (Å²) in [5.74, 6) is 0.595. The zero-order valence-corrected chi connectivity index (χ0v) is 15.2. The number of allylic oxidation sites excluding steroid dienone is 2. The number of benzene rings is 1. The van der Waals surface area contributed by atoms with E-state index in [0.29, 0.717) is 12.3 Å². The van der Waals surface area contributed by atoms with Crippen molar-refractivity contribution in [3.63, 3.8) is 0 Å². The fraction of sp³-hybridized carbons (Fsp3) is 0.636. The molecule has 140 valence electrons. The summed E-state index contributed by atoms with van der Waals surface area (Å²) >= 11 is 0. The van der Waals surface area contributed by atoms with Crippen molar-refractivity contribution in [1.29, 1.82) is 0 Å². The maximum atomic E-state index is 12.1. The van der Waals surface area contributed by atoms with E-state index in [1.165, 1.54) is 31.2 Å². The van der Waals surface area contributed by atoms with Crippen molar-refractivity contribution >= 4 is 0 Å². The lowest BCUT2D eigenvalue weighted by Gasteiger charge is -2.26. The second kappa shape index (κ2) is 10.7. The van der Waals surface area contributed by atoms with Crippen molar-refractivity contribution in [1.82, 2.24) is 0 Å². The van der Waals surface area contributed by atoms with Gasteiger partial charge in [0.1, 0.15) is 0 Å². The van der Waals surface area contributed by atoms with E-state index >= 15 is 0 Å². The highest BCUT2D eigenvalue weighted by Crippen LogP contribution is 2.37. The van der Waals surface area contributed by atoms with Gasteiger partial charge in [0.2, 0.25) is 0 Å². The Hall–Kier alpha value is -1.25. The van der Waals surface area contributed by atoms with Crippen LogP contribution in [0.3, 0.4) is 0 Å². The summed E-state index contributed by atoms with van der Waals surface area (Å²) in [5, 5.41) is 0. The first kappa shape index (κ1) is 20.1. The fourth-order valence-corrected chi connectivity index (χ4v) is 3.81. The zero-order chi connectivity index (χ0) is 18.0. The van der Waals surface area contributed by atoms with E-state index in [1.54, 1.807) is 5.57 Å². The summed E-state index contributed by atoms with van der Waals surface area (Å²) in [5.41, 5.74) is 3.04. The van der Waals surface area contributed by atoms with Gasteiger partial charge in [-0.2, -0.15) is 13.2 Å². The third kappa shape index (κ3) is 8.11. The number of halogens is 3. The van der Waals surface area contributed by atoms with Crippen molar-refractivity contribution < 1.29 is 13.2 Å². The molecule has 3 heteroatoms. The van der Waals surface area contributed by atoms with Crippen LogP contribution in [0.4, 0.5) is 13.2 Å². The first-order valence-corrected chi connectivity index (χ1v) is 9.87. The molecule has 1 unspecified atom stereocenters. The lowest BCUT2D eigenvalue weighted by molar-refractivity contribution is -0.135. The molecular formula is C22H31F3. The fourth-order valence-electron chi connectivity index (χ4n) is 3.81. The predicted molar refractivity (Wildman–Crippen MR) is 98.7 cm³/mol. The number of alkyl halides is 3. The summed E-state index contributed by atoms with van der Waals surface area (Å²) in [6, 6.07) is 10.8. The minimum Gasteiger partial charge on any atom is -0.171 e. The van der Waals surface area contributed by atoms with Crippen LogP contribution in [0.25, 0.3) is 0 Å². The van der Waals surface area contributed by atoms with Gasteiger partial charge in [-0.15, -0.1) is 0 Å². The second-order valence-electron chi connectivity index (χ2n) is 7.26. The van der Waals surface area contributed by atoms with Crippen LogP contribution < -0.4 is 0 Å². The molecule has 0 radical (unpaired) electrons. The van der Waals surface area contributed by atoms with Crippen molar-refractivity contribution in [3.8, 4) is 0 Å². The summed E-state index contributed by atoms with van der Waals surface area (Å²) in [7, 11) is 0. The van der Waals surface area contributed by atoms with Crippen LogP contribution in [0.2, 0.25) is 0 Å². The molecule has 0 saturated heterocycles. The molecule has 0 aromatic heterocycles. The molecule has 1 saturated carbocycles. The van der Waals surface area contributed by atoms with Crippen LogP contribution in [0, 0.1) is 0 Å². The summed E-state index contributed by atoms with van der Waals surface area (Å²) < 4.78 is 36.2. The molecule has 1 atom stereocenters. The normalized spacial score (nSPS) is 20.1. The molecule has 25 heavy (non-hydrogen) atoms. The standard InChI is InChI=1S/C22H31F3/c23-22(24,25)18-12-5-3-1-2-4-7-13-20-16-10-11-17-21(20)19-14-8-6-9-15-19/h6,8-9,13-15,21H,1-5,7,10-12,16-18H2. The minimum absolute atomic E-state index is 0.284. The average Bonchev–Trinajstić information content (AvgIpc) is 2.60. The smallest absolute Gasteiger partial charge is 0.171 e. The van der Waals surface area contributed by atoms with E-state index in [9.17, 15) is 13.2 Å². The van der Waals surface area contributed by atoms with E-state index in [0.717, 1.165) is 32.1 Å². The van der Waals surface area contributed by atoms with Crippen LogP contribution in [0.15, 0.2) is 42.0 Å². The van der Waals surface area contributed by atoms with Gasteiger partial charge in [0.05, 0.1) is 0 Å². The van der Waals surface area contributed by atoms with Gasteiger partial charge in [-0.05, 0) is 44.1 Å². The molecule has 0 N–H and O–H groups in total. The second-order valence-corrected chi connectivity index (χ2v) is 7.26. The van der Waals surface area contributed by atoms with Crippen molar-refractivity contribution in [2.75, 3.05) is 0 Å². The highest BCUT2D eigenvalue weighted by molar-refractivity contribution is 5.30. The average molecular weight is 352 g/mol. The van der Waals surface area contributed by atoms with Crippen molar-refractivity contribution in [3.05, 3.63) is 47.5 Å². The molecule has 0 nitrogen and oxygen atoms in total. The first-order valence-electron chi connectivity index (χ1n) is 9.87. The summed E-state index contributed by atoms with van der Waals surface area (Å²) in [6.45, 7) is 0. The van der Waals surface area contributed by atoms with Gasteiger partial charge in [0, 0.05) is 12.3 Å². The van der Waals surface area contributed by atoms with Crippen molar-refractivity contribution in [2.45, 2.75) is 89.1 Å². The zero-order valence-electron chi connectivity index (χ0n) is 15.2. The predicted octanol–water partition coefficient (Wildman–Crippen LogP) is 7.95. The van der Waals surface area contributed by atoms with Crippen LogP contribution in [-0.4, -0.2) is 6.18 Å². The summed E-state index contributed by atoms with van der Waals surface area (Å²) in [6.07, 6.45) is 9.31. The first-order chi connectivity index (χ1) is 12.1. The molecule has 1 aromatic carbocycles. The minimum atomic E-state index is -3.98. The van der Waals surface area contributed by atoms with E-state index in [-0.39, 0.29) is 6.42 Å². The maximum Gasteiger partial charge on any atom is 0.389 e. The van der Waals surface area contributed by atoms with Crippen LogP contribution in [-0.2, 0) is 0 Å². The number of hydrogen-bond acceptors (Lipinski definition) is 0. The molecule has 1 aliphatic rings. The molecule has 1 fully saturated rings. The van der Waals surface area contributed by atoms with Gasteiger partial charge in [0.15, 0.2) is 0 Å². The SMILES string of the molecule is FC(F)(F)CCCCCCCCC=C1CCCCC1c1ccccc1. The molecular weight excluding hydrogens is 321 g/mol. The van der Waals surface area contributed by atoms with Gasteiger partial charge >= 0.3 is 6.18 Å². The largest absolute Gasteiger partial charge is 0.389 e. The lowest BCUT2D eigenvalue weighted by Crippen LogP contribution is -2.08. The number of unbranched alkanes of at least 4 members (excludes halogenated alkanes) is 6. The number of rotatable bonds is 9. The Kier molecular flexibility index (Phi) is 8.57. The van der Waals surface area contributed by atoms with E-state index in [1.807, 2.05) is 0 Å². The third-order valence-electron chi connectivity index (χ3n) is 5.18. The van der Waals surface area contributed by atoms with Crippen molar-refractivity contribution in [2.24, 2.45) is 0 Å². The van der Waals surface area contributed by atoms with Gasteiger partial charge < -0.3 is 0 Å². The molecule has 0 aliphatic heterocycles. The molecule has 0 heterocycles. The highest BCUT2D eigenvalue weighted by Gasteiger charge is 2.25.